The van der Waals surface area contributed by atoms with Gasteiger partial charge in [-0.2, -0.15) is 0 Å². The van der Waals surface area contributed by atoms with E-state index in [4.69, 9.17) is 16.2 Å². The van der Waals surface area contributed by atoms with Crippen LogP contribution < -0.4 is 38.1 Å². The average Bonchev–Trinajstić information content (AvgIpc) is 4.16. The van der Waals surface area contributed by atoms with Crippen LogP contribution >= 0.6 is 0 Å². The fourth-order valence-corrected chi connectivity index (χ4v) is 10.4. The molecule has 8 amide bonds. The van der Waals surface area contributed by atoms with Crippen LogP contribution in [0.4, 0.5) is 0 Å². The van der Waals surface area contributed by atoms with E-state index in [0.29, 0.717) is 29.6 Å². The molecule has 3 aliphatic heterocycles. The molecule has 0 saturated carbocycles. The molecule has 4 rings (SSSR count). The number of phenolic OH excluding ortho intramolecular Hbond substituents is 1. The fourth-order valence-electron chi connectivity index (χ4n) is 10.4. The lowest BCUT2D eigenvalue weighted by Crippen LogP contribution is -2.69. The topological polar surface area (TPSA) is 447 Å². The summed E-state index contributed by atoms with van der Waals surface area (Å²) in [4.78, 5) is 114. The van der Waals surface area contributed by atoms with Crippen LogP contribution in [0.2, 0.25) is 0 Å². The third kappa shape index (κ3) is 17.9. The van der Waals surface area contributed by atoms with E-state index in [9.17, 15) is 84.3 Å². The molecule has 1 aromatic rings. The molecule has 3 aliphatic rings. The van der Waals surface area contributed by atoms with Crippen molar-refractivity contribution in [2.24, 2.45) is 29.2 Å². The molecule has 3 heterocycles. The van der Waals surface area contributed by atoms with E-state index in [1.807, 2.05) is 0 Å². The van der Waals surface area contributed by atoms with Crippen molar-refractivity contribution < 1.29 is 89.1 Å². The molecule has 1 aromatic carbocycles. The first-order valence-electron chi connectivity index (χ1n) is 27.7. The number of carbonyl (C=O) groups excluding carboxylic acids is 8. The lowest BCUT2D eigenvalue weighted by atomic mass is 9.91. The van der Waals surface area contributed by atoms with Crippen LogP contribution in [0.3, 0.4) is 0 Å². The van der Waals surface area contributed by atoms with Gasteiger partial charge in [-0.25, -0.2) is 0 Å². The largest absolute Gasteiger partial charge is 0.508 e. The normalized spacial score (nSPS) is 29.8. The van der Waals surface area contributed by atoms with E-state index in [1.54, 1.807) is 0 Å². The smallest absolute Gasteiger partial charge is 0.278 e. The molecule has 452 valence electrons. The highest BCUT2D eigenvalue weighted by molar-refractivity contribution is 5.99. The molecule has 80 heavy (non-hydrogen) atoms. The number of nitrogens with two attached hydrogens (primary N) is 2. The maximum atomic E-state index is 14.8. The SMILES string of the molecule is CCC(C)CC(C)CCCCCCCCC(=O)N[C@H]1C[C@H](O)[C@@H](OCCN)NC(=O)[C@]2(O)[C@@H](O)[C@@H](C)CN2C(=O)[C@H]([C@H](O)CC(N)=O)NC(=O)[C@H]([C@H](O)[C@@H](O)c2ccc(O)cc2)NC(=O)[C@@H]2C[C@@H](O)CN2C(=O)[C@H]([C@@H](C)O)NC1=O. The highest BCUT2D eigenvalue weighted by Gasteiger charge is 2.60. The number of ether oxygens (including phenoxy) is 1. The van der Waals surface area contributed by atoms with E-state index in [2.05, 4.69) is 47.4 Å². The Hall–Kier alpha value is -5.62. The molecular weight excluding hydrogens is 1050 g/mol. The van der Waals surface area contributed by atoms with Crippen molar-refractivity contribution >= 4 is 47.3 Å². The summed E-state index contributed by atoms with van der Waals surface area (Å²) < 4.78 is 5.66. The molecule has 27 nitrogen and oxygen atoms in total. The van der Waals surface area contributed by atoms with Crippen LogP contribution in [0.1, 0.15) is 130 Å². The number of nitrogens with one attached hydrogen (secondary N) is 5. The van der Waals surface area contributed by atoms with Gasteiger partial charge >= 0.3 is 0 Å². The van der Waals surface area contributed by atoms with Crippen molar-refractivity contribution in [3.05, 3.63) is 29.8 Å². The van der Waals surface area contributed by atoms with Gasteiger partial charge in [-0.15, -0.1) is 0 Å². The van der Waals surface area contributed by atoms with Crippen LogP contribution in [0.5, 0.6) is 5.75 Å². The number of benzene rings is 1. The molecule has 17 atom stereocenters. The number of aliphatic hydroxyl groups is 8. The summed E-state index contributed by atoms with van der Waals surface area (Å²) in [6.45, 7) is 7.11. The molecule has 3 fully saturated rings. The number of amides is 8. The second-order valence-corrected chi connectivity index (χ2v) is 21.9. The molecule has 0 spiro atoms. The summed E-state index contributed by atoms with van der Waals surface area (Å²) >= 11 is 0. The summed E-state index contributed by atoms with van der Waals surface area (Å²) in [6, 6.07) is -5.86. The van der Waals surface area contributed by atoms with Gasteiger partial charge in [0, 0.05) is 44.8 Å². The quantitative estimate of drug-likeness (QED) is 0.0467. The predicted octanol–water partition coefficient (Wildman–Crippen LogP) is -3.79. The summed E-state index contributed by atoms with van der Waals surface area (Å²) in [5.41, 5.74) is 7.56. The Kier molecular flexibility index (Phi) is 25.9. The Morgan fingerprint density at radius 1 is 0.800 bits per heavy atom. The number of nitrogens with zero attached hydrogens (tertiary/aromatic N) is 2. The van der Waals surface area contributed by atoms with Gasteiger partial charge < -0.3 is 98.5 Å². The molecule has 3 saturated heterocycles. The van der Waals surface area contributed by atoms with E-state index < -0.39 is 177 Å². The van der Waals surface area contributed by atoms with Gasteiger partial charge in [0.05, 0.1) is 31.3 Å². The number of unbranched alkanes of at least 4 members (excludes halogenated alkanes) is 5. The highest BCUT2D eigenvalue weighted by Crippen LogP contribution is 2.34. The average molecular weight is 1140 g/mol. The number of hydrogen-bond donors (Lipinski definition) is 16. The maximum absolute atomic E-state index is 14.8. The van der Waals surface area contributed by atoms with E-state index >= 15 is 0 Å². The lowest BCUT2D eigenvalue weighted by Gasteiger charge is -2.38. The van der Waals surface area contributed by atoms with Gasteiger partial charge in [-0.3, -0.25) is 38.4 Å². The number of hydrogen-bond acceptors (Lipinski definition) is 19. The van der Waals surface area contributed by atoms with Gasteiger partial charge in [-0.1, -0.05) is 84.8 Å². The second-order valence-electron chi connectivity index (χ2n) is 21.9. The van der Waals surface area contributed by atoms with Gasteiger partial charge in [0.1, 0.15) is 60.4 Å². The van der Waals surface area contributed by atoms with E-state index in [1.165, 1.54) is 13.3 Å². The standard InChI is InChI=1S/C53H87N9O18/c1-6-27(2)21-28(3)13-11-9-7-8-10-12-14-39(69)56-34-23-37(67)49(80-20-19-54)60-52(78)53(79)45(72)29(4)25-62(53)51(77)41(36(66)24-38(55)68)58-48(75)42(44(71)43(70)31-15-17-32(64)18-16-31)59-47(74)35-22-33(65)26-61(35)50(76)40(30(5)63)57-46(34)73/h15-18,27-30,33-37,40-45,49,63-67,70-72,79H,6-14,19-26,54H2,1-5H3,(H2,55,68)(H,56,69)(H,57,73)(H,58,75)(H,59,74)(H,60,78)/t27?,28?,29-,30+,33+,34-,35-,36+,37-,40-,41-,42-,43-,44-,45-,49+,53+/m0/s1. The summed E-state index contributed by atoms with van der Waals surface area (Å²) in [5, 5.41) is 113. The van der Waals surface area contributed by atoms with Crippen molar-refractivity contribution in [1.82, 2.24) is 36.4 Å². The number of carbonyl (C=O) groups is 8. The van der Waals surface area contributed by atoms with E-state index in [0.717, 1.165) is 74.6 Å². The zero-order valence-corrected chi connectivity index (χ0v) is 46.3. The number of rotatable bonds is 23. The van der Waals surface area contributed by atoms with Crippen LogP contribution in [-0.2, 0) is 43.1 Å². The third-order valence-corrected chi connectivity index (χ3v) is 15.2. The minimum absolute atomic E-state index is 0.0992. The predicted molar refractivity (Wildman–Crippen MR) is 284 cm³/mol. The van der Waals surface area contributed by atoms with Crippen molar-refractivity contribution in [2.45, 2.75) is 203 Å². The molecule has 0 aliphatic carbocycles. The zero-order valence-electron chi connectivity index (χ0n) is 46.3. The number of aromatic hydroxyl groups is 1. The van der Waals surface area contributed by atoms with Gasteiger partial charge in [0.2, 0.25) is 41.2 Å². The van der Waals surface area contributed by atoms with Crippen LogP contribution in [-0.4, -0.2) is 208 Å². The third-order valence-electron chi connectivity index (χ3n) is 15.2. The van der Waals surface area contributed by atoms with Crippen LogP contribution in [0.15, 0.2) is 24.3 Å². The number of fused-ring (bicyclic) bond motifs is 2. The first kappa shape index (κ1) is 66.9. The lowest BCUT2D eigenvalue weighted by molar-refractivity contribution is -0.190. The number of phenols is 1. The zero-order chi connectivity index (χ0) is 59.8. The number of aliphatic hydroxyl groups excluding tert-OH is 7. The molecule has 0 aromatic heterocycles. The first-order valence-corrected chi connectivity index (χ1v) is 27.7. The Morgan fingerprint density at radius 3 is 2.02 bits per heavy atom. The molecule has 0 bridgehead atoms. The molecule has 18 N–H and O–H groups in total. The maximum Gasteiger partial charge on any atom is 0.278 e. The second kappa shape index (κ2) is 31.0. The van der Waals surface area contributed by atoms with E-state index in [-0.39, 0.29) is 24.3 Å². The van der Waals surface area contributed by atoms with Crippen LogP contribution in [0, 0.1) is 17.8 Å². The number of primary amides is 1. The van der Waals surface area contributed by atoms with Crippen molar-refractivity contribution in [3.63, 3.8) is 0 Å². The van der Waals surface area contributed by atoms with Crippen LogP contribution in [0.25, 0.3) is 0 Å². The minimum atomic E-state index is -3.37. The van der Waals surface area contributed by atoms with Crippen molar-refractivity contribution in [1.29, 1.82) is 0 Å². The molecule has 0 radical (unpaired) electrons. The fraction of sp³-hybridized carbons (Fsp3) is 0.736. The highest BCUT2D eigenvalue weighted by atomic mass is 16.5. The van der Waals surface area contributed by atoms with Gasteiger partial charge in [0.15, 0.2) is 6.23 Å². The Balaban J connectivity index is 1.79. The molecule has 27 heteroatoms. The summed E-state index contributed by atoms with van der Waals surface area (Å²) in [5.74, 6) is -10.6. The van der Waals surface area contributed by atoms with Crippen molar-refractivity contribution in [2.75, 3.05) is 26.2 Å². The Labute approximate surface area is 465 Å². The molecule has 2 unspecified atom stereocenters. The summed E-state index contributed by atoms with van der Waals surface area (Å²) in [6.07, 6.45) is -10.5. The monoisotopic (exact) mass is 1140 g/mol. The van der Waals surface area contributed by atoms with Gasteiger partial charge in [-0.05, 0) is 49.3 Å². The Morgan fingerprint density at radius 2 is 1.41 bits per heavy atom. The summed E-state index contributed by atoms with van der Waals surface area (Å²) in [7, 11) is 0. The molecular formula is C53H87N9O18. The van der Waals surface area contributed by atoms with Crippen molar-refractivity contribution in [3.8, 4) is 5.75 Å². The Bertz CT molecular complexity index is 2250. The van der Waals surface area contributed by atoms with Gasteiger partial charge in [0.25, 0.3) is 11.8 Å². The minimum Gasteiger partial charge on any atom is -0.508 e. The first-order chi connectivity index (χ1) is 37.7.